The van der Waals surface area contributed by atoms with Crippen molar-refractivity contribution in [2.45, 2.75) is 6.92 Å². The smallest absolute Gasteiger partial charge is 0.152 e. The van der Waals surface area contributed by atoms with Crippen molar-refractivity contribution < 1.29 is 9.53 Å². The minimum absolute atomic E-state index is 0.0181. The third kappa shape index (κ3) is 3.32. The van der Waals surface area contributed by atoms with Crippen LogP contribution in [0.15, 0.2) is 60.7 Å². The van der Waals surface area contributed by atoms with E-state index in [1.54, 1.807) is 6.08 Å². The Labute approximate surface area is 107 Å². The highest BCUT2D eigenvalue weighted by molar-refractivity contribution is 5.91. The highest BCUT2D eigenvalue weighted by atomic mass is 16.5. The second-order valence-electron chi connectivity index (χ2n) is 3.90. The van der Waals surface area contributed by atoms with Gasteiger partial charge in [-0.05, 0) is 37.3 Å². The first-order valence-corrected chi connectivity index (χ1v) is 5.76. The minimum atomic E-state index is 0.0181. The molecule has 0 amide bonds. The summed E-state index contributed by atoms with van der Waals surface area (Å²) in [6.45, 7) is 1.52. The van der Waals surface area contributed by atoms with Gasteiger partial charge in [-0.25, -0.2) is 0 Å². The third-order valence-corrected chi connectivity index (χ3v) is 2.39. The molecule has 0 spiro atoms. The van der Waals surface area contributed by atoms with Gasteiger partial charge in [0.2, 0.25) is 0 Å². The van der Waals surface area contributed by atoms with Crippen LogP contribution in [0.4, 0.5) is 0 Å². The van der Waals surface area contributed by atoms with Crippen LogP contribution in [-0.4, -0.2) is 5.78 Å². The highest BCUT2D eigenvalue weighted by Crippen LogP contribution is 2.25. The first kappa shape index (κ1) is 12.1. The third-order valence-electron chi connectivity index (χ3n) is 2.39. The molecule has 0 bridgehead atoms. The lowest BCUT2D eigenvalue weighted by Gasteiger charge is -2.08. The van der Waals surface area contributed by atoms with Gasteiger partial charge in [-0.3, -0.25) is 4.79 Å². The molecule has 18 heavy (non-hydrogen) atoms. The van der Waals surface area contributed by atoms with Crippen molar-refractivity contribution in [3.8, 4) is 11.5 Å². The molecule has 0 aliphatic carbocycles. The van der Waals surface area contributed by atoms with Gasteiger partial charge in [0.05, 0.1) is 0 Å². The van der Waals surface area contributed by atoms with Crippen LogP contribution in [0.2, 0.25) is 0 Å². The second-order valence-corrected chi connectivity index (χ2v) is 3.90. The monoisotopic (exact) mass is 238 g/mol. The van der Waals surface area contributed by atoms with Gasteiger partial charge < -0.3 is 4.74 Å². The van der Waals surface area contributed by atoms with Crippen molar-refractivity contribution in [2.24, 2.45) is 0 Å². The van der Waals surface area contributed by atoms with Crippen molar-refractivity contribution >= 4 is 11.9 Å². The van der Waals surface area contributed by atoms with E-state index in [0.29, 0.717) is 0 Å². The van der Waals surface area contributed by atoms with Gasteiger partial charge in [0.25, 0.3) is 0 Å². The fraction of sp³-hybridized carbons (Fsp3) is 0.0625. The quantitative estimate of drug-likeness (QED) is 0.750. The summed E-state index contributed by atoms with van der Waals surface area (Å²) in [7, 11) is 0. The molecule has 0 saturated heterocycles. The van der Waals surface area contributed by atoms with Gasteiger partial charge in [-0.2, -0.15) is 0 Å². The van der Waals surface area contributed by atoms with Gasteiger partial charge in [-0.15, -0.1) is 0 Å². The van der Waals surface area contributed by atoms with Crippen LogP contribution in [0.5, 0.6) is 11.5 Å². The average Bonchev–Trinajstić information content (AvgIpc) is 2.39. The van der Waals surface area contributed by atoms with Crippen LogP contribution < -0.4 is 4.74 Å². The Morgan fingerprint density at radius 3 is 2.39 bits per heavy atom. The van der Waals surface area contributed by atoms with Crippen molar-refractivity contribution in [1.29, 1.82) is 0 Å². The van der Waals surface area contributed by atoms with E-state index < -0.39 is 0 Å². The summed E-state index contributed by atoms with van der Waals surface area (Å²) in [6, 6.07) is 17.2. The van der Waals surface area contributed by atoms with Crippen molar-refractivity contribution in [3.63, 3.8) is 0 Å². The molecule has 2 rings (SSSR count). The maximum atomic E-state index is 11.0. The number of carbonyl (C=O) groups excluding carboxylic acids is 1. The van der Waals surface area contributed by atoms with Crippen molar-refractivity contribution in [1.82, 2.24) is 0 Å². The van der Waals surface area contributed by atoms with Crippen molar-refractivity contribution in [2.75, 3.05) is 0 Å². The van der Waals surface area contributed by atoms with Gasteiger partial charge in [-0.1, -0.05) is 36.4 Å². The average molecular weight is 238 g/mol. The van der Waals surface area contributed by atoms with E-state index in [1.165, 1.54) is 13.0 Å². The number of allylic oxidation sites excluding steroid dienone is 1. The summed E-state index contributed by atoms with van der Waals surface area (Å²) < 4.78 is 5.78. The van der Waals surface area contributed by atoms with E-state index in [1.807, 2.05) is 54.6 Å². The summed E-state index contributed by atoms with van der Waals surface area (Å²) in [6.07, 6.45) is 3.30. The molecular formula is C16H14O2. The summed E-state index contributed by atoms with van der Waals surface area (Å²) in [4.78, 5) is 11.0. The van der Waals surface area contributed by atoms with Gasteiger partial charge in [0, 0.05) is 5.56 Å². The zero-order valence-electron chi connectivity index (χ0n) is 10.2. The molecule has 0 aromatic heterocycles. The van der Waals surface area contributed by atoms with Crippen LogP contribution in [0.3, 0.4) is 0 Å². The molecule has 0 radical (unpaired) electrons. The van der Waals surface area contributed by atoms with Gasteiger partial charge in [0.15, 0.2) is 5.78 Å². The molecule has 0 atom stereocenters. The number of ketones is 1. The lowest BCUT2D eigenvalue weighted by Crippen LogP contribution is -1.87. The Morgan fingerprint density at radius 2 is 1.67 bits per heavy atom. The Hall–Kier alpha value is -2.35. The Kier molecular flexibility index (Phi) is 3.92. The summed E-state index contributed by atoms with van der Waals surface area (Å²) in [5.74, 6) is 1.53. The standard InChI is InChI=1S/C16H14O2/c1-13(17)11-12-14-7-5-6-10-16(14)18-15-8-3-2-4-9-15/h2-12H,1H3/b12-11+. The number of carbonyl (C=O) groups is 1. The number of hydrogen-bond acceptors (Lipinski definition) is 2. The van der Waals surface area contributed by atoms with Crippen LogP contribution in [0.1, 0.15) is 12.5 Å². The maximum absolute atomic E-state index is 11.0. The minimum Gasteiger partial charge on any atom is -0.457 e. The Bertz CT molecular complexity index is 556. The SMILES string of the molecule is CC(=O)/C=C/c1ccccc1Oc1ccccc1. The molecule has 0 aliphatic heterocycles. The Balaban J connectivity index is 2.25. The molecule has 0 aliphatic rings. The fourth-order valence-corrected chi connectivity index (χ4v) is 1.53. The summed E-state index contributed by atoms with van der Waals surface area (Å²) in [5, 5.41) is 0. The van der Waals surface area contributed by atoms with E-state index in [0.717, 1.165) is 17.1 Å². The zero-order chi connectivity index (χ0) is 12.8. The number of rotatable bonds is 4. The summed E-state index contributed by atoms with van der Waals surface area (Å²) >= 11 is 0. The number of ether oxygens (including phenoxy) is 1. The molecule has 90 valence electrons. The second kappa shape index (κ2) is 5.82. The van der Waals surface area contributed by atoms with Gasteiger partial charge >= 0.3 is 0 Å². The van der Waals surface area contributed by atoms with Crippen LogP contribution >= 0.6 is 0 Å². The van der Waals surface area contributed by atoms with Crippen molar-refractivity contribution in [3.05, 3.63) is 66.2 Å². The fourth-order valence-electron chi connectivity index (χ4n) is 1.53. The zero-order valence-corrected chi connectivity index (χ0v) is 10.2. The van der Waals surface area contributed by atoms with E-state index in [2.05, 4.69) is 0 Å². The van der Waals surface area contributed by atoms with Crippen LogP contribution in [0.25, 0.3) is 6.08 Å². The molecule has 2 aromatic rings. The predicted molar refractivity (Wildman–Crippen MR) is 72.7 cm³/mol. The molecule has 0 heterocycles. The number of benzene rings is 2. The molecule has 2 aromatic carbocycles. The largest absolute Gasteiger partial charge is 0.457 e. The lowest BCUT2D eigenvalue weighted by atomic mass is 10.1. The molecular weight excluding hydrogens is 224 g/mol. The molecule has 0 unspecified atom stereocenters. The number of para-hydroxylation sites is 2. The maximum Gasteiger partial charge on any atom is 0.152 e. The van der Waals surface area contributed by atoms with Crippen LogP contribution in [0, 0.1) is 0 Å². The lowest BCUT2D eigenvalue weighted by molar-refractivity contribution is -0.112. The molecule has 0 N–H and O–H groups in total. The molecule has 2 nitrogen and oxygen atoms in total. The predicted octanol–water partition coefficient (Wildman–Crippen LogP) is 4.08. The molecule has 0 fully saturated rings. The topological polar surface area (TPSA) is 26.3 Å². The van der Waals surface area contributed by atoms with E-state index in [-0.39, 0.29) is 5.78 Å². The number of hydrogen-bond donors (Lipinski definition) is 0. The first-order valence-electron chi connectivity index (χ1n) is 5.76. The molecule has 2 heteroatoms. The van der Waals surface area contributed by atoms with E-state index in [9.17, 15) is 4.79 Å². The highest BCUT2D eigenvalue weighted by Gasteiger charge is 2.01. The summed E-state index contributed by atoms with van der Waals surface area (Å²) in [5.41, 5.74) is 0.886. The van der Waals surface area contributed by atoms with E-state index in [4.69, 9.17) is 4.74 Å². The van der Waals surface area contributed by atoms with Gasteiger partial charge in [0.1, 0.15) is 11.5 Å². The van der Waals surface area contributed by atoms with E-state index >= 15 is 0 Å². The Morgan fingerprint density at radius 1 is 1.00 bits per heavy atom. The molecule has 0 saturated carbocycles. The van der Waals surface area contributed by atoms with Crippen LogP contribution in [-0.2, 0) is 4.79 Å². The first-order chi connectivity index (χ1) is 8.75. The normalized spacial score (nSPS) is 10.5.